The monoisotopic (exact) mass is 311 g/mol. The second-order valence-electron chi connectivity index (χ2n) is 4.97. The van der Waals surface area contributed by atoms with Crippen molar-refractivity contribution in [3.05, 3.63) is 57.5 Å². The molecule has 1 aromatic carbocycles. The van der Waals surface area contributed by atoms with Gasteiger partial charge in [-0.25, -0.2) is 0 Å². The summed E-state index contributed by atoms with van der Waals surface area (Å²) in [6, 6.07) is 10.1. The lowest BCUT2D eigenvalue weighted by atomic mass is 10.0. The van der Waals surface area contributed by atoms with Crippen molar-refractivity contribution in [1.82, 2.24) is 5.32 Å². The Balaban J connectivity index is 2.14. The van der Waals surface area contributed by atoms with Crippen molar-refractivity contribution in [3.63, 3.8) is 0 Å². The molecule has 0 saturated heterocycles. The first kappa shape index (κ1) is 15.4. The molecule has 4 heteroatoms. The summed E-state index contributed by atoms with van der Waals surface area (Å²) in [6.07, 6.45) is 0.960. The zero-order chi connectivity index (χ0) is 14.7. The van der Waals surface area contributed by atoms with Gasteiger partial charge in [0.05, 0.1) is 16.1 Å². The van der Waals surface area contributed by atoms with E-state index < -0.39 is 0 Å². The van der Waals surface area contributed by atoms with E-state index in [4.69, 9.17) is 27.6 Å². The lowest BCUT2D eigenvalue weighted by Gasteiger charge is -2.22. The summed E-state index contributed by atoms with van der Waals surface area (Å²) in [7, 11) is 0. The van der Waals surface area contributed by atoms with Crippen LogP contribution in [0.5, 0.6) is 0 Å². The van der Waals surface area contributed by atoms with Crippen LogP contribution in [-0.4, -0.2) is 0 Å². The molecule has 1 heterocycles. The first-order chi connectivity index (χ1) is 9.51. The predicted octanol–water partition coefficient (Wildman–Crippen LogP) is 5.70. The maximum atomic E-state index is 6.09. The van der Waals surface area contributed by atoms with Crippen molar-refractivity contribution in [2.24, 2.45) is 0 Å². The highest BCUT2D eigenvalue weighted by molar-refractivity contribution is 6.42. The number of nitrogens with one attached hydrogen (secondary N) is 1. The molecule has 2 nitrogen and oxygen atoms in total. The summed E-state index contributed by atoms with van der Waals surface area (Å²) in [5, 5.41) is 4.74. The number of furan rings is 1. The Hall–Kier alpha value is -0.960. The van der Waals surface area contributed by atoms with E-state index in [9.17, 15) is 0 Å². The molecule has 20 heavy (non-hydrogen) atoms. The van der Waals surface area contributed by atoms with Crippen molar-refractivity contribution in [1.29, 1.82) is 0 Å². The number of aryl methyl sites for hydroxylation is 1. The Bertz CT molecular complexity index is 580. The third kappa shape index (κ3) is 3.57. The van der Waals surface area contributed by atoms with Crippen LogP contribution in [0, 0.1) is 6.92 Å². The summed E-state index contributed by atoms with van der Waals surface area (Å²) in [5.41, 5.74) is 1.14. The molecular weight excluding hydrogens is 293 g/mol. The number of benzene rings is 1. The van der Waals surface area contributed by atoms with Gasteiger partial charge < -0.3 is 9.73 Å². The fraction of sp³-hybridized carbons (Fsp3) is 0.375. The van der Waals surface area contributed by atoms with Gasteiger partial charge in [-0.05, 0) is 50.1 Å². The number of halogens is 2. The molecule has 108 valence electrons. The van der Waals surface area contributed by atoms with Gasteiger partial charge in [-0.15, -0.1) is 0 Å². The molecule has 2 rings (SSSR count). The van der Waals surface area contributed by atoms with Gasteiger partial charge in [0.15, 0.2) is 0 Å². The highest BCUT2D eigenvalue weighted by Gasteiger charge is 2.16. The maximum Gasteiger partial charge on any atom is 0.120 e. The van der Waals surface area contributed by atoms with Gasteiger partial charge >= 0.3 is 0 Å². The molecule has 1 N–H and O–H groups in total. The molecule has 0 saturated carbocycles. The largest absolute Gasteiger partial charge is 0.465 e. The fourth-order valence-corrected chi connectivity index (χ4v) is 2.56. The Labute approximate surface area is 130 Å². The molecular formula is C16H19Cl2NO. The van der Waals surface area contributed by atoms with Crippen LogP contribution >= 0.6 is 23.2 Å². The second-order valence-corrected chi connectivity index (χ2v) is 5.79. The van der Waals surface area contributed by atoms with Gasteiger partial charge in [-0.2, -0.15) is 0 Å². The predicted molar refractivity (Wildman–Crippen MR) is 84.5 cm³/mol. The summed E-state index contributed by atoms with van der Waals surface area (Å²) < 4.78 is 5.66. The van der Waals surface area contributed by atoms with E-state index in [-0.39, 0.29) is 12.1 Å². The van der Waals surface area contributed by atoms with E-state index in [1.54, 1.807) is 0 Å². The first-order valence-electron chi connectivity index (χ1n) is 6.78. The van der Waals surface area contributed by atoms with Crippen LogP contribution in [0.2, 0.25) is 10.0 Å². The normalized spacial score (nSPS) is 14.2. The first-order valence-corrected chi connectivity index (χ1v) is 7.54. The molecule has 0 spiro atoms. The number of hydrogen-bond acceptors (Lipinski definition) is 2. The lowest BCUT2D eigenvalue weighted by Crippen LogP contribution is -2.24. The minimum atomic E-state index is 0.142. The van der Waals surface area contributed by atoms with Crippen molar-refractivity contribution >= 4 is 23.2 Å². The molecule has 0 aliphatic rings. The molecule has 0 fully saturated rings. The standard InChI is InChI=1S/C16H19Cl2NO/c1-4-15(12-6-7-13(17)14(18)9-12)19-11(3)16-8-5-10(2)20-16/h5-9,11,15,19H,4H2,1-3H3. The molecule has 0 radical (unpaired) electrons. The molecule has 2 unspecified atom stereocenters. The van der Waals surface area contributed by atoms with E-state index in [1.807, 2.05) is 37.3 Å². The van der Waals surface area contributed by atoms with Crippen molar-refractivity contribution in [2.75, 3.05) is 0 Å². The molecule has 0 amide bonds. The Morgan fingerprint density at radius 2 is 1.90 bits per heavy atom. The molecule has 2 atom stereocenters. The van der Waals surface area contributed by atoms with E-state index in [0.717, 1.165) is 23.5 Å². The van der Waals surface area contributed by atoms with Crippen LogP contribution in [0.25, 0.3) is 0 Å². The summed E-state index contributed by atoms with van der Waals surface area (Å²) in [6.45, 7) is 6.19. The molecule has 1 aromatic heterocycles. The van der Waals surface area contributed by atoms with Crippen LogP contribution in [0.4, 0.5) is 0 Å². The zero-order valence-corrected chi connectivity index (χ0v) is 13.4. The maximum absolute atomic E-state index is 6.09. The van der Waals surface area contributed by atoms with E-state index >= 15 is 0 Å². The second kappa shape index (κ2) is 6.66. The van der Waals surface area contributed by atoms with Gasteiger partial charge in [0.1, 0.15) is 11.5 Å². The van der Waals surface area contributed by atoms with E-state index in [0.29, 0.717) is 10.0 Å². The van der Waals surface area contributed by atoms with Gasteiger partial charge in [-0.1, -0.05) is 36.2 Å². The average molecular weight is 312 g/mol. The Morgan fingerprint density at radius 1 is 1.15 bits per heavy atom. The topological polar surface area (TPSA) is 25.2 Å². The number of rotatable bonds is 5. The van der Waals surface area contributed by atoms with Gasteiger partial charge in [0, 0.05) is 6.04 Å². The fourth-order valence-electron chi connectivity index (χ4n) is 2.25. The van der Waals surface area contributed by atoms with E-state index in [1.165, 1.54) is 0 Å². The van der Waals surface area contributed by atoms with Crippen LogP contribution < -0.4 is 5.32 Å². The number of hydrogen-bond donors (Lipinski definition) is 1. The summed E-state index contributed by atoms with van der Waals surface area (Å²) in [4.78, 5) is 0. The van der Waals surface area contributed by atoms with Crippen molar-refractivity contribution in [3.8, 4) is 0 Å². The minimum Gasteiger partial charge on any atom is -0.465 e. The highest BCUT2D eigenvalue weighted by Crippen LogP contribution is 2.28. The third-order valence-corrected chi connectivity index (χ3v) is 4.13. The summed E-state index contributed by atoms with van der Waals surface area (Å²) >= 11 is 12.1. The van der Waals surface area contributed by atoms with Gasteiger partial charge in [0.2, 0.25) is 0 Å². The van der Waals surface area contributed by atoms with Crippen LogP contribution in [0.1, 0.15) is 49.4 Å². The highest BCUT2D eigenvalue weighted by atomic mass is 35.5. The Morgan fingerprint density at radius 3 is 2.45 bits per heavy atom. The lowest BCUT2D eigenvalue weighted by molar-refractivity contribution is 0.378. The quantitative estimate of drug-likeness (QED) is 0.766. The zero-order valence-electron chi connectivity index (χ0n) is 11.9. The molecule has 0 aliphatic heterocycles. The smallest absolute Gasteiger partial charge is 0.120 e. The van der Waals surface area contributed by atoms with Crippen LogP contribution in [0.15, 0.2) is 34.7 Å². The SMILES string of the molecule is CCC(NC(C)c1ccc(C)o1)c1ccc(Cl)c(Cl)c1. The third-order valence-electron chi connectivity index (χ3n) is 3.39. The van der Waals surface area contributed by atoms with Crippen LogP contribution in [0.3, 0.4) is 0 Å². The van der Waals surface area contributed by atoms with Gasteiger partial charge in [-0.3, -0.25) is 0 Å². The summed E-state index contributed by atoms with van der Waals surface area (Å²) in [5.74, 6) is 1.87. The Kier molecular flexibility index (Phi) is 5.14. The van der Waals surface area contributed by atoms with Gasteiger partial charge in [0.25, 0.3) is 0 Å². The molecule has 0 bridgehead atoms. The van der Waals surface area contributed by atoms with Crippen molar-refractivity contribution < 1.29 is 4.42 Å². The minimum absolute atomic E-state index is 0.142. The van der Waals surface area contributed by atoms with Crippen molar-refractivity contribution in [2.45, 2.75) is 39.3 Å². The molecule has 2 aromatic rings. The average Bonchev–Trinajstić information content (AvgIpc) is 2.86. The van der Waals surface area contributed by atoms with E-state index in [2.05, 4.69) is 19.2 Å². The molecule has 0 aliphatic carbocycles. The van der Waals surface area contributed by atoms with Crippen LogP contribution in [-0.2, 0) is 0 Å².